The molecule has 0 fully saturated rings. The fourth-order valence-electron chi connectivity index (χ4n) is 1.81. The van der Waals surface area contributed by atoms with Gasteiger partial charge in [-0.1, -0.05) is 40.2 Å². The molecule has 104 valence electrons. The van der Waals surface area contributed by atoms with Crippen molar-refractivity contribution in [1.29, 1.82) is 0 Å². The molecular weight excluding hydrogens is 339 g/mol. The van der Waals surface area contributed by atoms with Crippen LogP contribution in [0.3, 0.4) is 0 Å². The van der Waals surface area contributed by atoms with Crippen LogP contribution in [-0.4, -0.2) is 11.5 Å². The largest absolute Gasteiger partial charge is 0.298 e. The lowest BCUT2D eigenvalue weighted by atomic mass is 10.1. The Balaban J connectivity index is 1.94. The first-order valence-electron chi connectivity index (χ1n) is 6.20. The molecule has 0 spiro atoms. The molecule has 0 heterocycles. The number of hydrogen-bond donors (Lipinski definition) is 0. The van der Waals surface area contributed by atoms with Crippen molar-refractivity contribution in [2.45, 2.75) is 18.2 Å². The molecule has 0 N–H and O–H groups in total. The maximum atomic E-state index is 13.0. The zero-order valence-electron chi connectivity index (χ0n) is 11.0. The molecule has 20 heavy (non-hydrogen) atoms. The van der Waals surface area contributed by atoms with Gasteiger partial charge in [-0.2, -0.15) is 0 Å². The van der Waals surface area contributed by atoms with Crippen molar-refractivity contribution >= 4 is 33.5 Å². The minimum atomic E-state index is -0.303. The first kappa shape index (κ1) is 15.3. The van der Waals surface area contributed by atoms with Gasteiger partial charge in [0.15, 0.2) is 0 Å². The minimum absolute atomic E-state index is 0.130. The molecule has 4 heteroatoms. The zero-order chi connectivity index (χ0) is 14.5. The summed E-state index contributed by atoms with van der Waals surface area (Å²) >= 11 is 4.83. The maximum absolute atomic E-state index is 13.0. The summed E-state index contributed by atoms with van der Waals surface area (Å²) in [6.07, 6.45) is 0.319. The topological polar surface area (TPSA) is 17.1 Å². The minimum Gasteiger partial charge on any atom is -0.298 e. The van der Waals surface area contributed by atoms with Crippen LogP contribution in [0.4, 0.5) is 4.39 Å². The summed E-state index contributed by atoms with van der Waals surface area (Å²) in [4.78, 5) is 13.1. The van der Waals surface area contributed by atoms with Gasteiger partial charge in [0.25, 0.3) is 0 Å². The molecular formula is C16H14BrFOS. The summed E-state index contributed by atoms with van der Waals surface area (Å²) in [6, 6.07) is 12.4. The van der Waals surface area contributed by atoms with Crippen LogP contribution < -0.4 is 0 Å². The van der Waals surface area contributed by atoms with Crippen molar-refractivity contribution in [3.63, 3.8) is 0 Å². The second kappa shape index (κ2) is 7.04. The summed E-state index contributed by atoms with van der Waals surface area (Å²) in [5.74, 6) is 0.252. The molecule has 0 saturated carbocycles. The molecule has 0 aliphatic carbocycles. The van der Waals surface area contributed by atoms with E-state index in [9.17, 15) is 9.18 Å². The fourth-order valence-corrected chi connectivity index (χ4v) is 3.19. The Kier molecular flexibility index (Phi) is 5.38. The van der Waals surface area contributed by atoms with Crippen LogP contribution in [0.5, 0.6) is 0 Å². The van der Waals surface area contributed by atoms with Crippen LogP contribution in [0.1, 0.15) is 11.1 Å². The number of rotatable bonds is 5. The lowest BCUT2D eigenvalue weighted by Crippen LogP contribution is -2.06. The number of thioether (sulfide) groups is 1. The highest BCUT2D eigenvalue weighted by molar-refractivity contribution is 9.10. The summed E-state index contributed by atoms with van der Waals surface area (Å²) in [6.45, 7) is 2.03. The van der Waals surface area contributed by atoms with Crippen molar-refractivity contribution in [1.82, 2.24) is 0 Å². The Bertz CT molecular complexity index is 628. The Labute approximate surface area is 130 Å². The van der Waals surface area contributed by atoms with Crippen LogP contribution in [0.15, 0.2) is 51.8 Å². The molecule has 0 amide bonds. The van der Waals surface area contributed by atoms with E-state index in [1.165, 1.54) is 17.7 Å². The Morgan fingerprint density at radius 3 is 2.70 bits per heavy atom. The van der Waals surface area contributed by atoms with Crippen molar-refractivity contribution in [2.24, 2.45) is 0 Å². The molecule has 0 unspecified atom stereocenters. The van der Waals surface area contributed by atoms with Gasteiger partial charge < -0.3 is 0 Å². The number of carbonyl (C=O) groups excluding carboxylic acids is 1. The summed E-state index contributed by atoms with van der Waals surface area (Å²) in [7, 11) is 0. The van der Waals surface area contributed by atoms with Crippen LogP contribution in [0.2, 0.25) is 0 Å². The van der Waals surface area contributed by atoms with Crippen molar-refractivity contribution in [3.05, 3.63) is 63.9 Å². The molecule has 1 nitrogen and oxygen atoms in total. The summed E-state index contributed by atoms with van der Waals surface area (Å²) in [5, 5.41) is 0. The quantitative estimate of drug-likeness (QED) is 0.719. The van der Waals surface area contributed by atoms with Gasteiger partial charge in [-0.3, -0.25) is 4.79 Å². The molecule has 2 aromatic rings. The van der Waals surface area contributed by atoms with E-state index < -0.39 is 0 Å². The third kappa shape index (κ3) is 4.18. The van der Waals surface area contributed by atoms with E-state index >= 15 is 0 Å². The van der Waals surface area contributed by atoms with Crippen LogP contribution in [0, 0.1) is 12.7 Å². The molecule has 0 bridgehead atoms. The average Bonchev–Trinajstić information content (AvgIpc) is 2.41. The third-order valence-electron chi connectivity index (χ3n) is 2.88. The van der Waals surface area contributed by atoms with E-state index in [-0.39, 0.29) is 11.6 Å². The lowest BCUT2D eigenvalue weighted by Gasteiger charge is -2.06. The van der Waals surface area contributed by atoms with E-state index in [4.69, 9.17) is 0 Å². The first-order chi connectivity index (χ1) is 9.56. The van der Waals surface area contributed by atoms with E-state index in [2.05, 4.69) is 15.9 Å². The highest BCUT2D eigenvalue weighted by atomic mass is 79.9. The van der Waals surface area contributed by atoms with Gasteiger partial charge in [0.05, 0.1) is 5.75 Å². The number of Topliss-reactive ketones (excluding diaryl/α,β-unsaturated/α-hetero) is 1. The van der Waals surface area contributed by atoms with Gasteiger partial charge in [0.2, 0.25) is 0 Å². The van der Waals surface area contributed by atoms with E-state index in [1.807, 2.05) is 31.2 Å². The second-order valence-electron chi connectivity index (χ2n) is 4.51. The molecule has 0 saturated heterocycles. The fraction of sp³-hybridized carbons (Fsp3) is 0.188. The van der Waals surface area contributed by atoms with Crippen LogP contribution >= 0.6 is 27.7 Å². The maximum Gasteiger partial charge on any atom is 0.147 e. The standard InChI is InChI=1S/C16H14BrFOS/c1-11-4-2-3-5-16(11)20-10-14(19)8-12-6-7-13(18)9-15(12)17/h2-7,9H,8,10H2,1H3. The molecule has 0 aliphatic rings. The number of hydrogen-bond acceptors (Lipinski definition) is 2. The van der Waals surface area contributed by atoms with E-state index in [0.29, 0.717) is 16.6 Å². The van der Waals surface area contributed by atoms with Gasteiger partial charge in [-0.15, -0.1) is 11.8 Å². The SMILES string of the molecule is Cc1ccccc1SCC(=O)Cc1ccc(F)cc1Br. The molecule has 0 aromatic heterocycles. The summed E-state index contributed by atoms with van der Waals surface area (Å²) < 4.78 is 13.6. The van der Waals surface area contributed by atoms with Gasteiger partial charge in [-0.25, -0.2) is 4.39 Å². The van der Waals surface area contributed by atoms with Gasteiger partial charge >= 0.3 is 0 Å². The molecule has 2 rings (SSSR count). The van der Waals surface area contributed by atoms with Gasteiger partial charge in [-0.05, 0) is 36.2 Å². The Morgan fingerprint density at radius 2 is 2.00 bits per heavy atom. The summed E-state index contributed by atoms with van der Waals surface area (Å²) in [5.41, 5.74) is 2.00. The lowest BCUT2D eigenvalue weighted by molar-refractivity contribution is -0.116. The predicted octanol–water partition coefficient (Wildman–Crippen LogP) is 4.80. The van der Waals surface area contributed by atoms with Crippen molar-refractivity contribution in [3.8, 4) is 0 Å². The zero-order valence-corrected chi connectivity index (χ0v) is 13.4. The smallest absolute Gasteiger partial charge is 0.147 e. The molecule has 2 aromatic carbocycles. The number of aryl methyl sites for hydroxylation is 1. The third-order valence-corrected chi connectivity index (χ3v) is 4.86. The second-order valence-corrected chi connectivity index (χ2v) is 6.38. The highest BCUT2D eigenvalue weighted by Crippen LogP contribution is 2.23. The van der Waals surface area contributed by atoms with Crippen molar-refractivity contribution < 1.29 is 9.18 Å². The molecule has 0 atom stereocenters. The van der Waals surface area contributed by atoms with Crippen molar-refractivity contribution in [2.75, 3.05) is 5.75 Å². The predicted molar refractivity (Wildman–Crippen MR) is 84.7 cm³/mol. The Morgan fingerprint density at radius 1 is 1.25 bits per heavy atom. The van der Waals surface area contributed by atoms with Crippen LogP contribution in [0.25, 0.3) is 0 Å². The Hall–Kier alpha value is -1.13. The monoisotopic (exact) mass is 352 g/mol. The average molecular weight is 353 g/mol. The molecule has 0 radical (unpaired) electrons. The highest BCUT2D eigenvalue weighted by Gasteiger charge is 2.09. The number of carbonyl (C=O) groups is 1. The van der Waals surface area contributed by atoms with Gasteiger partial charge in [0, 0.05) is 15.8 Å². The normalized spacial score (nSPS) is 10.6. The van der Waals surface area contributed by atoms with Gasteiger partial charge in [0.1, 0.15) is 11.6 Å². The van der Waals surface area contributed by atoms with E-state index in [0.717, 1.165) is 10.5 Å². The number of ketones is 1. The van der Waals surface area contributed by atoms with E-state index in [1.54, 1.807) is 17.8 Å². The first-order valence-corrected chi connectivity index (χ1v) is 7.98. The number of halogens is 2. The van der Waals surface area contributed by atoms with Crippen LogP contribution in [-0.2, 0) is 11.2 Å². The number of benzene rings is 2. The molecule has 0 aliphatic heterocycles.